The highest BCUT2D eigenvalue weighted by Crippen LogP contribution is 2.28. The van der Waals surface area contributed by atoms with Gasteiger partial charge in [0, 0.05) is 12.6 Å². The lowest BCUT2D eigenvalue weighted by atomic mass is 10.1. The zero-order valence-corrected chi connectivity index (χ0v) is 10.8. The standard InChI is InChI=1S/C14H18FNO2/c1-3-16(11-5-6-11)9-10-4-7-12(13(15)8-10)14(17)18-2/h4,7-8,11H,3,5-6,9H2,1-2H3. The van der Waals surface area contributed by atoms with E-state index >= 15 is 0 Å². The van der Waals surface area contributed by atoms with Gasteiger partial charge in [-0.25, -0.2) is 9.18 Å². The lowest BCUT2D eigenvalue weighted by Crippen LogP contribution is -2.25. The summed E-state index contributed by atoms with van der Waals surface area (Å²) in [6.07, 6.45) is 2.47. The molecule has 0 bridgehead atoms. The van der Waals surface area contributed by atoms with Gasteiger partial charge in [-0.2, -0.15) is 0 Å². The number of carbonyl (C=O) groups is 1. The van der Waals surface area contributed by atoms with Gasteiger partial charge in [-0.1, -0.05) is 13.0 Å². The van der Waals surface area contributed by atoms with E-state index in [-0.39, 0.29) is 5.56 Å². The molecule has 1 aliphatic carbocycles. The Kier molecular flexibility index (Phi) is 3.97. The van der Waals surface area contributed by atoms with E-state index in [1.807, 2.05) is 0 Å². The molecule has 0 saturated heterocycles. The minimum Gasteiger partial charge on any atom is -0.465 e. The monoisotopic (exact) mass is 251 g/mol. The van der Waals surface area contributed by atoms with Crippen LogP contribution in [0.3, 0.4) is 0 Å². The van der Waals surface area contributed by atoms with Crippen molar-refractivity contribution in [1.29, 1.82) is 0 Å². The first-order valence-corrected chi connectivity index (χ1v) is 6.26. The number of hydrogen-bond acceptors (Lipinski definition) is 3. The largest absolute Gasteiger partial charge is 0.465 e. The molecule has 1 aliphatic rings. The number of carbonyl (C=O) groups excluding carboxylic acids is 1. The van der Waals surface area contributed by atoms with Crippen LogP contribution < -0.4 is 0 Å². The number of benzene rings is 1. The Morgan fingerprint density at radius 3 is 2.72 bits per heavy atom. The third-order valence-electron chi connectivity index (χ3n) is 3.29. The SMILES string of the molecule is CCN(Cc1ccc(C(=O)OC)c(F)c1)C1CC1. The summed E-state index contributed by atoms with van der Waals surface area (Å²) < 4.78 is 18.3. The molecule has 1 fully saturated rings. The first-order chi connectivity index (χ1) is 8.65. The van der Waals surface area contributed by atoms with Crippen LogP contribution in [-0.2, 0) is 11.3 Å². The molecule has 4 heteroatoms. The zero-order chi connectivity index (χ0) is 13.1. The first kappa shape index (κ1) is 13.0. The minimum absolute atomic E-state index is 0.00396. The topological polar surface area (TPSA) is 29.5 Å². The molecule has 0 spiro atoms. The van der Waals surface area contributed by atoms with Gasteiger partial charge in [0.25, 0.3) is 0 Å². The van der Waals surface area contributed by atoms with Crippen molar-refractivity contribution in [3.8, 4) is 0 Å². The summed E-state index contributed by atoms with van der Waals surface area (Å²) in [7, 11) is 1.25. The highest BCUT2D eigenvalue weighted by atomic mass is 19.1. The van der Waals surface area contributed by atoms with Crippen LogP contribution in [0, 0.1) is 5.82 Å². The predicted octanol–water partition coefficient (Wildman–Crippen LogP) is 2.60. The molecular weight excluding hydrogens is 233 g/mol. The summed E-state index contributed by atoms with van der Waals surface area (Å²) in [6, 6.07) is 5.37. The molecule has 1 saturated carbocycles. The van der Waals surface area contributed by atoms with Crippen molar-refractivity contribution >= 4 is 5.97 Å². The Morgan fingerprint density at radius 2 is 2.22 bits per heavy atom. The van der Waals surface area contributed by atoms with Gasteiger partial charge in [0.15, 0.2) is 0 Å². The maximum absolute atomic E-state index is 13.7. The summed E-state index contributed by atoms with van der Waals surface area (Å²) in [6.45, 7) is 3.81. The van der Waals surface area contributed by atoms with Gasteiger partial charge in [-0.15, -0.1) is 0 Å². The summed E-state index contributed by atoms with van der Waals surface area (Å²) in [4.78, 5) is 13.6. The second kappa shape index (κ2) is 5.48. The molecule has 0 radical (unpaired) electrons. The van der Waals surface area contributed by atoms with Crippen LogP contribution in [0.15, 0.2) is 18.2 Å². The lowest BCUT2D eigenvalue weighted by Gasteiger charge is -2.19. The van der Waals surface area contributed by atoms with Crippen molar-refractivity contribution in [3.05, 3.63) is 35.1 Å². The van der Waals surface area contributed by atoms with Gasteiger partial charge in [0.2, 0.25) is 0 Å². The van der Waals surface area contributed by atoms with Gasteiger partial charge < -0.3 is 4.74 Å². The average molecular weight is 251 g/mol. The molecule has 0 aromatic heterocycles. The van der Waals surface area contributed by atoms with E-state index in [2.05, 4.69) is 16.6 Å². The Labute approximate surface area is 107 Å². The summed E-state index contributed by atoms with van der Waals surface area (Å²) in [5.41, 5.74) is 0.893. The fourth-order valence-corrected chi connectivity index (χ4v) is 2.11. The number of hydrogen-bond donors (Lipinski definition) is 0. The molecule has 18 heavy (non-hydrogen) atoms. The highest BCUT2D eigenvalue weighted by Gasteiger charge is 2.27. The van der Waals surface area contributed by atoms with E-state index in [9.17, 15) is 9.18 Å². The van der Waals surface area contributed by atoms with Crippen LogP contribution in [0.2, 0.25) is 0 Å². The van der Waals surface area contributed by atoms with E-state index in [1.54, 1.807) is 6.07 Å². The minimum atomic E-state index is -0.631. The second-order valence-corrected chi connectivity index (χ2v) is 4.60. The van der Waals surface area contributed by atoms with Gasteiger partial charge in [0.05, 0.1) is 12.7 Å². The molecule has 0 aliphatic heterocycles. The van der Waals surface area contributed by atoms with Crippen molar-refractivity contribution in [1.82, 2.24) is 4.90 Å². The number of nitrogens with zero attached hydrogens (tertiary/aromatic N) is 1. The number of ether oxygens (including phenoxy) is 1. The third kappa shape index (κ3) is 2.88. The van der Waals surface area contributed by atoms with E-state index < -0.39 is 11.8 Å². The third-order valence-corrected chi connectivity index (χ3v) is 3.29. The van der Waals surface area contributed by atoms with Gasteiger partial charge in [-0.3, -0.25) is 4.90 Å². The molecule has 0 heterocycles. The van der Waals surface area contributed by atoms with Crippen molar-refractivity contribution in [2.75, 3.05) is 13.7 Å². The number of halogens is 1. The fraction of sp³-hybridized carbons (Fsp3) is 0.500. The van der Waals surface area contributed by atoms with E-state index in [0.717, 1.165) is 18.7 Å². The molecule has 1 aromatic carbocycles. The molecule has 2 rings (SSSR count). The maximum atomic E-state index is 13.7. The number of rotatable bonds is 5. The molecule has 0 unspecified atom stereocenters. The molecule has 3 nitrogen and oxygen atoms in total. The molecule has 0 N–H and O–H groups in total. The lowest BCUT2D eigenvalue weighted by molar-refractivity contribution is 0.0595. The van der Waals surface area contributed by atoms with Crippen LogP contribution in [0.25, 0.3) is 0 Å². The van der Waals surface area contributed by atoms with Crippen LogP contribution in [0.5, 0.6) is 0 Å². The highest BCUT2D eigenvalue weighted by molar-refractivity contribution is 5.89. The first-order valence-electron chi connectivity index (χ1n) is 6.26. The molecule has 98 valence electrons. The summed E-state index contributed by atoms with van der Waals surface area (Å²) >= 11 is 0. The summed E-state index contributed by atoms with van der Waals surface area (Å²) in [5, 5.41) is 0. The molecule has 1 aromatic rings. The van der Waals surface area contributed by atoms with Crippen molar-refractivity contribution in [2.45, 2.75) is 32.4 Å². The fourth-order valence-electron chi connectivity index (χ4n) is 2.11. The average Bonchev–Trinajstić information content (AvgIpc) is 3.19. The number of methoxy groups -OCH3 is 1. The van der Waals surface area contributed by atoms with Gasteiger partial charge in [0.1, 0.15) is 5.82 Å². The van der Waals surface area contributed by atoms with Crippen LogP contribution >= 0.6 is 0 Å². The molecule has 0 atom stereocenters. The zero-order valence-electron chi connectivity index (χ0n) is 10.8. The Bertz CT molecular complexity index is 443. The van der Waals surface area contributed by atoms with Gasteiger partial charge in [-0.05, 0) is 37.1 Å². The van der Waals surface area contributed by atoms with E-state index in [1.165, 1.54) is 32.1 Å². The Morgan fingerprint density at radius 1 is 1.50 bits per heavy atom. The molecule has 0 amide bonds. The van der Waals surface area contributed by atoms with Crippen molar-refractivity contribution in [3.63, 3.8) is 0 Å². The van der Waals surface area contributed by atoms with E-state index in [0.29, 0.717) is 6.04 Å². The van der Waals surface area contributed by atoms with E-state index in [4.69, 9.17) is 0 Å². The summed E-state index contributed by atoms with van der Waals surface area (Å²) in [5.74, 6) is -1.14. The normalized spacial score (nSPS) is 14.9. The maximum Gasteiger partial charge on any atom is 0.340 e. The Hall–Kier alpha value is -1.42. The van der Waals surface area contributed by atoms with Crippen LogP contribution in [0.4, 0.5) is 4.39 Å². The Balaban J connectivity index is 2.10. The second-order valence-electron chi connectivity index (χ2n) is 4.60. The van der Waals surface area contributed by atoms with Crippen LogP contribution in [-0.4, -0.2) is 30.6 Å². The number of esters is 1. The molecular formula is C14H18FNO2. The smallest absolute Gasteiger partial charge is 0.340 e. The predicted molar refractivity (Wildman–Crippen MR) is 66.8 cm³/mol. The van der Waals surface area contributed by atoms with Crippen molar-refractivity contribution in [2.24, 2.45) is 0 Å². The quantitative estimate of drug-likeness (QED) is 0.753. The van der Waals surface area contributed by atoms with Crippen LogP contribution in [0.1, 0.15) is 35.7 Å². The van der Waals surface area contributed by atoms with Gasteiger partial charge >= 0.3 is 5.97 Å². The van der Waals surface area contributed by atoms with Crippen molar-refractivity contribution < 1.29 is 13.9 Å².